The van der Waals surface area contributed by atoms with Gasteiger partial charge in [0, 0.05) is 23.7 Å². The quantitative estimate of drug-likeness (QED) is 0.213. The topological polar surface area (TPSA) is 80.7 Å². The highest BCUT2D eigenvalue weighted by Crippen LogP contribution is 2.81. The Labute approximate surface area is 332 Å². The summed E-state index contributed by atoms with van der Waals surface area (Å²) in [5.41, 5.74) is 0.598. The molecule has 1 N–H and O–H groups in total. The number of hydrogen-bond acceptors (Lipinski definition) is 5. The molecule has 0 aromatic carbocycles. The molecule has 11 aliphatic rings. The number of carbonyl (C=O) groups excluding carboxylic acids is 3. The van der Waals surface area contributed by atoms with Crippen molar-refractivity contribution in [2.24, 2.45) is 96.6 Å². The monoisotopic (exact) mass is 755 g/mol. The first-order valence-electron chi connectivity index (χ1n) is 23.2. The average Bonchev–Trinajstić information content (AvgIpc) is 3.53. The van der Waals surface area contributed by atoms with Gasteiger partial charge in [0.1, 0.15) is 17.5 Å². The van der Waals surface area contributed by atoms with E-state index in [1.807, 2.05) is 13.8 Å². The van der Waals surface area contributed by atoms with E-state index >= 15 is 9.59 Å². The first-order chi connectivity index (χ1) is 25.5. The van der Waals surface area contributed by atoms with Gasteiger partial charge in [-0.3, -0.25) is 14.4 Å². The van der Waals surface area contributed by atoms with Crippen LogP contribution < -0.4 is 0 Å². The van der Waals surface area contributed by atoms with Crippen LogP contribution in [0.15, 0.2) is 11.1 Å². The molecule has 1 heterocycles. The molecule has 1 aliphatic heterocycles. The second-order valence-electron chi connectivity index (χ2n) is 25.0. The van der Waals surface area contributed by atoms with Crippen LogP contribution in [0.25, 0.3) is 0 Å². The third-order valence-corrected chi connectivity index (χ3v) is 22.6. The van der Waals surface area contributed by atoms with Crippen molar-refractivity contribution in [3.8, 4) is 0 Å². The number of ketones is 2. The van der Waals surface area contributed by atoms with Crippen molar-refractivity contribution in [2.45, 2.75) is 184 Å². The summed E-state index contributed by atoms with van der Waals surface area (Å²) in [6, 6.07) is 0. The molecule has 8 fully saturated rings. The fourth-order valence-corrected chi connectivity index (χ4v) is 20.0. The largest absolute Gasteiger partial charge is 0.462 e. The number of rotatable bonds is 1. The van der Waals surface area contributed by atoms with E-state index in [2.05, 4.69) is 62.3 Å². The number of allylic oxidation sites excluding steroid dienone is 1. The molecule has 1 spiro atoms. The van der Waals surface area contributed by atoms with E-state index < -0.39 is 16.9 Å². The second kappa shape index (κ2) is 10.8. The van der Waals surface area contributed by atoms with Crippen molar-refractivity contribution in [2.75, 3.05) is 0 Å². The third-order valence-electron chi connectivity index (χ3n) is 22.6. The molecule has 2 unspecified atom stereocenters. The Kier molecular flexibility index (Phi) is 7.42. The molecular formula is C50H74O5. The molecule has 0 aromatic rings. The highest BCUT2D eigenvalue weighted by Gasteiger charge is 2.81. The highest BCUT2D eigenvalue weighted by atomic mass is 16.6. The zero-order valence-corrected chi connectivity index (χ0v) is 36.5. The Morgan fingerprint density at radius 3 is 2.15 bits per heavy atom. The van der Waals surface area contributed by atoms with Crippen LogP contribution in [-0.2, 0) is 19.1 Å². The molecule has 16 atom stereocenters. The van der Waals surface area contributed by atoms with E-state index in [4.69, 9.17) is 4.74 Å². The summed E-state index contributed by atoms with van der Waals surface area (Å²) in [6.45, 7) is 26.4. The molecule has 7 saturated carbocycles. The van der Waals surface area contributed by atoms with E-state index in [1.165, 1.54) is 43.3 Å². The number of carbonyl (C=O) groups is 3. The smallest absolute Gasteiger partial charge is 0.313 e. The van der Waals surface area contributed by atoms with E-state index in [9.17, 15) is 9.90 Å². The maximum atomic E-state index is 15.6. The van der Waals surface area contributed by atoms with Gasteiger partial charge in [0.2, 0.25) is 0 Å². The van der Waals surface area contributed by atoms with Gasteiger partial charge in [-0.25, -0.2) is 0 Å². The molecule has 2 bridgehead atoms. The van der Waals surface area contributed by atoms with E-state index in [-0.39, 0.29) is 73.5 Å². The number of fused-ring (bicyclic) bond motifs is 11. The first-order valence-corrected chi connectivity index (χ1v) is 23.2. The minimum absolute atomic E-state index is 0.00993. The molecule has 5 nitrogen and oxygen atoms in total. The van der Waals surface area contributed by atoms with Crippen LogP contribution in [0.2, 0.25) is 0 Å². The van der Waals surface area contributed by atoms with Gasteiger partial charge in [-0.15, -0.1) is 0 Å². The maximum Gasteiger partial charge on any atom is 0.313 e. The van der Waals surface area contributed by atoms with Crippen molar-refractivity contribution in [3.63, 3.8) is 0 Å². The van der Waals surface area contributed by atoms with Gasteiger partial charge in [0.25, 0.3) is 0 Å². The van der Waals surface area contributed by atoms with Gasteiger partial charge >= 0.3 is 5.97 Å². The van der Waals surface area contributed by atoms with Gasteiger partial charge in [-0.05, 0) is 151 Å². The zero-order chi connectivity index (χ0) is 39.5. The van der Waals surface area contributed by atoms with Gasteiger partial charge in [0.05, 0.1) is 11.3 Å². The van der Waals surface area contributed by atoms with Crippen molar-refractivity contribution in [1.82, 2.24) is 0 Å². The van der Waals surface area contributed by atoms with Crippen LogP contribution in [0.1, 0.15) is 172 Å². The summed E-state index contributed by atoms with van der Waals surface area (Å²) in [4.78, 5) is 44.2. The van der Waals surface area contributed by atoms with Gasteiger partial charge in [0.15, 0.2) is 5.78 Å². The maximum absolute atomic E-state index is 15.6. The summed E-state index contributed by atoms with van der Waals surface area (Å²) >= 11 is 0. The van der Waals surface area contributed by atoms with E-state index in [0.717, 1.165) is 51.4 Å². The lowest BCUT2D eigenvalue weighted by molar-refractivity contribution is -0.238. The van der Waals surface area contributed by atoms with Crippen molar-refractivity contribution < 1.29 is 24.2 Å². The average molecular weight is 755 g/mol. The molecule has 5 heteroatoms. The molecular weight excluding hydrogens is 681 g/mol. The van der Waals surface area contributed by atoms with E-state index in [0.29, 0.717) is 48.2 Å². The molecule has 0 aromatic heterocycles. The number of aliphatic hydroxyl groups is 1. The van der Waals surface area contributed by atoms with Crippen molar-refractivity contribution in [3.05, 3.63) is 11.1 Å². The molecule has 0 amide bonds. The minimum atomic E-state index is -1.43. The van der Waals surface area contributed by atoms with Crippen LogP contribution in [0.3, 0.4) is 0 Å². The summed E-state index contributed by atoms with van der Waals surface area (Å²) in [7, 11) is 0. The first kappa shape index (κ1) is 37.8. The van der Waals surface area contributed by atoms with Gasteiger partial charge in [-0.1, -0.05) is 93.7 Å². The van der Waals surface area contributed by atoms with E-state index in [1.54, 1.807) is 0 Å². The molecule has 304 valence electrons. The highest BCUT2D eigenvalue weighted by molar-refractivity contribution is 6.01. The van der Waals surface area contributed by atoms with Crippen LogP contribution in [0, 0.1) is 96.6 Å². The lowest BCUT2D eigenvalue weighted by Crippen LogP contribution is -2.71. The summed E-state index contributed by atoms with van der Waals surface area (Å²) in [6.07, 6.45) is 15.6. The molecule has 0 radical (unpaired) electrons. The predicted molar refractivity (Wildman–Crippen MR) is 214 cm³/mol. The van der Waals surface area contributed by atoms with Crippen LogP contribution in [0.4, 0.5) is 0 Å². The van der Waals surface area contributed by atoms with Crippen LogP contribution in [-0.4, -0.2) is 34.3 Å². The predicted octanol–water partition coefficient (Wildman–Crippen LogP) is 10.7. The van der Waals surface area contributed by atoms with Gasteiger partial charge < -0.3 is 9.84 Å². The van der Waals surface area contributed by atoms with Crippen LogP contribution in [0.5, 0.6) is 0 Å². The Morgan fingerprint density at radius 1 is 0.709 bits per heavy atom. The Bertz CT molecular complexity index is 1800. The molecule has 10 aliphatic carbocycles. The number of Topliss-reactive ketones (excluding diaryl/α,β-unsaturated/α-hetero) is 2. The standard InChI is InChI=1S/C50H74O5/c1-27(2)50(54)30-25-49(39(40(50)52)36-28(30)13-15-32-42(3,4)19-12-20-46(32,36)9)38-31(55-41(49)53)26-44(7)23-24-47(10)29(37(38)44)14-16-34-45(8)21-18-35(51)43(5,6)33(45)17-22-48(34,47)11/h27,29-34,37-39,54H,12-26H2,1-11H3/t29-,30-,31?,32?,33+,34-,37+,38-,39+,44+,45+,46+,47-,48-,49+,50-/m1/s1. The minimum Gasteiger partial charge on any atom is -0.462 e. The van der Waals surface area contributed by atoms with Gasteiger partial charge in [-0.2, -0.15) is 0 Å². The third kappa shape index (κ3) is 4.02. The second-order valence-corrected chi connectivity index (χ2v) is 25.0. The molecule has 55 heavy (non-hydrogen) atoms. The SMILES string of the molecule is CC(C)[C@]1(O)C(=O)[C@@H]2C3=C(CCC4C(C)(C)CCC[C@]34C)[C@H]1C[C@@]21C(=O)OC2C[C@]3(C)CC[C@]4(C)[C@H](CC[C@@H]5[C@@]6(C)CCC(=O)C(C)(C)[C@@H]6CC[C@]54C)[C@H]3[C@@H]21. The number of esters is 1. The Balaban J connectivity index is 1.11. The Hall–Kier alpha value is -1.49. The fourth-order valence-electron chi connectivity index (χ4n) is 20.0. The molecule has 1 saturated heterocycles. The summed E-state index contributed by atoms with van der Waals surface area (Å²) in [5.74, 6) is 1.50. The Morgan fingerprint density at radius 2 is 1.44 bits per heavy atom. The van der Waals surface area contributed by atoms with Crippen LogP contribution >= 0.6 is 0 Å². The van der Waals surface area contributed by atoms with Crippen molar-refractivity contribution >= 4 is 17.5 Å². The lowest BCUT2D eigenvalue weighted by Gasteiger charge is -2.72. The zero-order valence-electron chi connectivity index (χ0n) is 36.5. The van der Waals surface area contributed by atoms with Crippen molar-refractivity contribution in [1.29, 1.82) is 0 Å². The lowest BCUT2D eigenvalue weighted by atomic mass is 9.31. The summed E-state index contributed by atoms with van der Waals surface area (Å²) < 4.78 is 6.79. The summed E-state index contributed by atoms with van der Waals surface area (Å²) in [5, 5.41) is 12.8. The fraction of sp³-hybridized carbons (Fsp3) is 0.900. The number of ether oxygens (including phenoxy) is 1. The number of hydrogen-bond donors (Lipinski definition) is 1. The normalized spacial score (nSPS) is 57.0. The molecule has 11 rings (SSSR count).